The van der Waals surface area contributed by atoms with Crippen LogP contribution in [0.4, 0.5) is 11.5 Å². The monoisotopic (exact) mass is 478 g/mol. The average Bonchev–Trinajstić information content (AvgIpc) is 3.47. The maximum Gasteiger partial charge on any atom is 0.340 e. The van der Waals surface area contributed by atoms with Crippen molar-refractivity contribution in [3.63, 3.8) is 0 Å². The second kappa shape index (κ2) is 7.09. The van der Waals surface area contributed by atoms with Gasteiger partial charge < -0.3 is 24.7 Å². The van der Waals surface area contributed by atoms with Gasteiger partial charge in [0.05, 0.1) is 17.5 Å². The van der Waals surface area contributed by atoms with E-state index in [4.69, 9.17) is 9.47 Å². The molecule has 4 heterocycles. The van der Waals surface area contributed by atoms with Crippen molar-refractivity contribution < 1.29 is 24.5 Å². The molecule has 0 radical (unpaired) electrons. The van der Waals surface area contributed by atoms with Gasteiger partial charge in [-0.1, -0.05) is 18.2 Å². The Bertz CT molecular complexity index is 1760. The van der Waals surface area contributed by atoms with Crippen LogP contribution in [0.15, 0.2) is 77.5 Å². The van der Waals surface area contributed by atoms with E-state index in [-0.39, 0.29) is 28.8 Å². The van der Waals surface area contributed by atoms with Gasteiger partial charge in [-0.15, -0.1) is 10.2 Å². The van der Waals surface area contributed by atoms with Crippen LogP contribution in [0.2, 0.25) is 0 Å². The molecule has 2 aliphatic rings. The third-order valence-corrected chi connectivity index (χ3v) is 6.25. The van der Waals surface area contributed by atoms with E-state index in [1.54, 1.807) is 30.3 Å². The Kier molecular flexibility index (Phi) is 3.96. The lowest BCUT2D eigenvalue weighted by molar-refractivity contribution is 0.0224. The predicted octanol–water partition coefficient (Wildman–Crippen LogP) is 4.75. The van der Waals surface area contributed by atoms with Gasteiger partial charge in [-0.2, -0.15) is 0 Å². The summed E-state index contributed by atoms with van der Waals surface area (Å²) < 4.78 is 12.1. The summed E-state index contributed by atoms with van der Waals surface area (Å²) in [5, 5.41) is 29.2. The second-order valence-corrected chi connectivity index (χ2v) is 8.23. The number of aromatic hydroxyl groups is 2. The van der Waals surface area contributed by atoms with Gasteiger partial charge in [0.2, 0.25) is 5.82 Å². The number of H-pyrrole nitrogens is 1. The molecule has 0 saturated heterocycles. The number of azo groups is 1. The smallest absolute Gasteiger partial charge is 0.340 e. The SMILES string of the molecule is O=C1OC2(c3ccc(O)cc3Oc3cc(O)c(N=Nc4ncnc5nc[nH]c45)cc32)c2ccccc21. The number of hydrogen-bond donors (Lipinski definition) is 3. The van der Waals surface area contributed by atoms with Gasteiger partial charge in [0.1, 0.15) is 40.5 Å². The number of carbonyl (C=O) groups is 1. The zero-order chi connectivity index (χ0) is 24.4. The molecular weight excluding hydrogens is 464 g/mol. The number of nitrogens with zero attached hydrogens (tertiary/aromatic N) is 5. The van der Waals surface area contributed by atoms with E-state index in [2.05, 4.69) is 30.2 Å². The highest BCUT2D eigenvalue weighted by Gasteiger charge is 2.53. The molecule has 1 spiro atoms. The van der Waals surface area contributed by atoms with Gasteiger partial charge >= 0.3 is 5.97 Å². The molecule has 5 aromatic rings. The van der Waals surface area contributed by atoms with Crippen LogP contribution in [0.5, 0.6) is 23.0 Å². The highest BCUT2D eigenvalue weighted by Crippen LogP contribution is 2.58. The molecule has 7 rings (SSSR count). The molecule has 0 bridgehead atoms. The molecule has 11 heteroatoms. The molecule has 2 aromatic heterocycles. The summed E-state index contributed by atoms with van der Waals surface area (Å²) in [6.07, 6.45) is 2.78. The van der Waals surface area contributed by atoms with Gasteiger partial charge in [0.25, 0.3) is 0 Å². The number of fused-ring (bicyclic) bond motifs is 7. The summed E-state index contributed by atoms with van der Waals surface area (Å²) in [5.74, 6) is 0.0317. The minimum atomic E-state index is -1.38. The fourth-order valence-electron chi connectivity index (χ4n) is 4.69. The molecule has 36 heavy (non-hydrogen) atoms. The van der Waals surface area contributed by atoms with Gasteiger partial charge in [-0.05, 0) is 24.3 Å². The minimum absolute atomic E-state index is 0.0189. The van der Waals surface area contributed by atoms with Crippen LogP contribution in [-0.4, -0.2) is 36.1 Å². The maximum atomic E-state index is 13.0. The predicted molar refractivity (Wildman–Crippen MR) is 124 cm³/mol. The number of aromatic amines is 1. The van der Waals surface area contributed by atoms with Crippen molar-refractivity contribution in [3.05, 3.63) is 89.5 Å². The quantitative estimate of drug-likeness (QED) is 0.242. The molecule has 0 fully saturated rings. The van der Waals surface area contributed by atoms with Crippen molar-refractivity contribution in [2.75, 3.05) is 0 Å². The van der Waals surface area contributed by atoms with Crippen LogP contribution >= 0.6 is 0 Å². The number of rotatable bonds is 2. The number of imidazole rings is 1. The Hall–Kier alpha value is -5.32. The Labute approximate surface area is 201 Å². The molecule has 1 atom stereocenters. The summed E-state index contributed by atoms with van der Waals surface area (Å²) in [4.78, 5) is 28.1. The average molecular weight is 478 g/mol. The largest absolute Gasteiger partial charge is 0.508 e. The minimum Gasteiger partial charge on any atom is -0.508 e. The number of aromatic nitrogens is 4. The first-order chi connectivity index (χ1) is 17.5. The Balaban J connectivity index is 1.45. The van der Waals surface area contributed by atoms with Gasteiger partial charge in [-0.3, -0.25) is 0 Å². The number of carbonyl (C=O) groups excluding carboxylic acids is 1. The van der Waals surface area contributed by atoms with Crippen molar-refractivity contribution in [1.29, 1.82) is 0 Å². The molecule has 11 nitrogen and oxygen atoms in total. The standard InChI is InChI=1S/C25H14N6O5/c32-12-5-6-15-19(7-12)35-20-9-18(33)17(30-31-23-21-22(27-10-26-21)28-11-29-23)8-16(20)25(15)14-4-2-1-3-13(14)24(34)36-25/h1-11,32-33H,(H,26,27,28,29). The van der Waals surface area contributed by atoms with Gasteiger partial charge in [0, 0.05) is 23.3 Å². The molecule has 0 aliphatic carbocycles. The number of hydrogen-bond acceptors (Lipinski definition) is 10. The first-order valence-electron chi connectivity index (χ1n) is 10.8. The van der Waals surface area contributed by atoms with Crippen LogP contribution in [-0.2, 0) is 10.3 Å². The zero-order valence-electron chi connectivity index (χ0n) is 18.2. The first-order valence-corrected chi connectivity index (χ1v) is 10.8. The van der Waals surface area contributed by atoms with Crippen LogP contribution in [0.3, 0.4) is 0 Å². The lowest BCUT2D eigenvalue weighted by atomic mass is 9.77. The van der Waals surface area contributed by atoms with Crippen LogP contribution in [0.1, 0.15) is 27.0 Å². The zero-order valence-corrected chi connectivity index (χ0v) is 18.2. The van der Waals surface area contributed by atoms with Crippen molar-refractivity contribution in [3.8, 4) is 23.0 Å². The number of phenolic OH excluding ortho intramolecular Hbond substituents is 2. The highest BCUT2D eigenvalue weighted by molar-refractivity contribution is 5.97. The number of ether oxygens (including phenoxy) is 2. The van der Waals surface area contributed by atoms with Gasteiger partial charge in [0.15, 0.2) is 11.2 Å². The van der Waals surface area contributed by atoms with Crippen LogP contribution < -0.4 is 4.74 Å². The van der Waals surface area contributed by atoms with E-state index >= 15 is 0 Å². The summed E-state index contributed by atoms with van der Waals surface area (Å²) in [6, 6.07) is 14.6. The van der Waals surface area contributed by atoms with Crippen molar-refractivity contribution in [1.82, 2.24) is 19.9 Å². The first kappa shape index (κ1) is 20.1. The molecule has 0 saturated carbocycles. The molecule has 3 N–H and O–H groups in total. The maximum absolute atomic E-state index is 13.0. The van der Waals surface area contributed by atoms with E-state index in [9.17, 15) is 15.0 Å². The van der Waals surface area contributed by atoms with Gasteiger partial charge in [-0.25, -0.2) is 19.7 Å². The third-order valence-electron chi connectivity index (χ3n) is 6.25. The number of esters is 1. The van der Waals surface area contributed by atoms with E-state index in [1.165, 1.54) is 30.9 Å². The summed E-state index contributed by atoms with van der Waals surface area (Å²) in [7, 11) is 0. The third kappa shape index (κ3) is 2.67. The summed E-state index contributed by atoms with van der Waals surface area (Å²) >= 11 is 0. The fraction of sp³-hybridized carbons (Fsp3) is 0.0400. The fourth-order valence-corrected chi connectivity index (χ4v) is 4.69. The van der Waals surface area contributed by atoms with E-state index in [0.717, 1.165) is 0 Å². The molecule has 174 valence electrons. The normalized spacial score (nSPS) is 17.6. The molecule has 1 unspecified atom stereocenters. The van der Waals surface area contributed by atoms with E-state index in [1.807, 2.05) is 6.07 Å². The topological polar surface area (TPSA) is 155 Å². The lowest BCUT2D eigenvalue weighted by Crippen LogP contribution is -2.32. The molecule has 2 aliphatic heterocycles. The second-order valence-electron chi connectivity index (χ2n) is 8.23. The molecule has 0 amide bonds. The lowest BCUT2D eigenvalue weighted by Gasteiger charge is -2.36. The van der Waals surface area contributed by atoms with Crippen molar-refractivity contribution >= 4 is 28.6 Å². The summed E-state index contributed by atoms with van der Waals surface area (Å²) in [6.45, 7) is 0. The summed E-state index contributed by atoms with van der Waals surface area (Å²) in [5.41, 5.74) is 1.62. The number of nitrogens with one attached hydrogen (secondary N) is 1. The van der Waals surface area contributed by atoms with Crippen LogP contribution in [0.25, 0.3) is 11.2 Å². The number of phenols is 2. The van der Waals surface area contributed by atoms with Crippen molar-refractivity contribution in [2.45, 2.75) is 5.60 Å². The Morgan fingerprint density at radius 3 is 2.67 bits per heavy atom. The van der Waals surface area contributed by atoms with Crippen molar-refractivity contribution in [2.24, 2.45) is 10.2 Å². The van der Waals surface area contributed by atoms with E-state index in [0.29, 0.717) is 39.2 Å². The highest BCUT2D eigenvalue weighted by atomic mass is 16.6. The Morgan fingerprint density at radius 2 is 1.75 bits per heavy atom. The molecular formula is C25H14N6O5. The van der Waals surface area contributed by atoms with E-state index < -0.39 is 11.6 Å². The molecule has 3 aromatic carbocycles. The Morgan fingerprint density at radius 1 is 0.889 bits per heavy atom. The number of benzene rings is 3. The van der Waals surface area contributed by atoms with Crippen LogP contribution in [0, 0.1) is 0 Å².